The van der Waals surface area contributed by atoms with Gasteiger partial charge in [0.15, 0.2) is 0 Å². The van der Waals surface area contributed by atoms with Gasteiger partial charge in [-0.15, -0.1) is 0 Å². The molecule has 0 unspecified atom stereocenters. The van der Waals surface area contributed by atoms with E-state index in [4.69, 9.17) is 0 Å². The first-order valence-corrected chi connectivity index (χ1v) is 10.4. The van der Waals surface area contributed by atoms with Gasteiger partial charge in [0.05, 0.1) is 21.2 Å². The molecule has 0 radical (unpaired) electrons. The molecule has 6 heteroatoms. The zero-order valence-corrected chi connectivity index (χ0v) is 16.5. The third-order valence-corrected chi connectivity index (χ3v) is 6.55. The van der Waals surface area contributed by atoms with Crippen molar-refractivity contribution in [2.24, 2.45) is 0 Å². The topological polar surface area (TPSA) is 66.5 Å². The Morgan fingerprint density at radius 3 is 1.89 bits per heavy atom. The number of para-hydroxylation sites is 2. The minimum absolute atomic E-state index is 0.0105. The molecule has 142 valence electrons. The third kappa shape index (κ3) is 3.16. The fourth-order valence-electron chi connectivity index (χ4n) is 3.62. The SMILES string of the molecule is Cc1cc(C)cc(NC(=O)CN2c3ccccc3S(=O)(=O)c3ccccc32)c1. The molecule has 0 atom stereocenters. The van der Waals surface area contributed by atoms with Crippen molar-refractivity contribution in [3.05, 3.63) is 77.9 Å². The van der Waals surface area contributed by atoms with Crippen molar-refractivity contribution in [3.63, 3.8) is 0 Å². The number of carbonyl (C=O) groups excluding carboxylic acids is 1. The molecule has 1 aliphatic rings. The zero-order chi connectivity index (χ0) is 19.9. The van der Waals surface area contributed by atoms with Crippen molar-refractivity contribution < 1.29 is 13.2 Å². The number of sulfone groups is 1. The van der Waals surface area contributed by atoms with Crippen LogP contribution in [-0.4, -0.2) is 20.9 Å². The summed E-state index contributed by atoms with van der Waals surface area (Å²) in [5, 5.41) is 2.92. The van der Waals surface area contributed by atoms with Gasteiger partial charge in [-0.2, -0.15) is 0 Å². The van der Waals surface area contributed by atoms with Gasteiger partial charge >= 0.3 is 0 Å². The first kappa shape index (κ1) is 18.3. The van der Waals surface area contributed by atoms with E-state index in [-0.39, 0.29) is 22.2 Å². The Morgan fingerprint density at radius 2 is 1.36 bits per heavy atom. The van der Waals surface area contributed by atoms with Crippen molar-refractivity contribution >= 4 is 32.8 Å². The van der Waals surface area contributed by atoms with Crippen LogP contribution < -0.4 is 10.2 Å². The summed E-state index contributed by atoms with van der Waals surface area (Å²) in [4.78, 5) is 15.0. The lowest BCUT2D eigenvalue weighted by molar-refractivity contribution is -0.114. The number of fused-ring (bicyclic) bond motifs is 2. The van der Waals surface area contributed by atoms with Gasteiger partial charge in [-0.05, 0) is 61.4 Å². The Kier molecular flexibility index (Phi) is 4.43. The van der Waals surface area contributed by atoms with E-state index in [1.165, 1.54) is 0 Å². The highest BCUT2D eigenvalue weighted by Crippen LogP contribution is 2.43. The standard InChI is InChI=1S/C22H20N2O3S/c1-15-11-16(2)13-17(12-15)23-22(25)14-24-18-7-3-5-9-20(18)28(26,27)21-10-6-4-8-19(21)24/h3-13H,14H2,1-2H3,(H,23,25). The van der Waals surface area contributed by atoms with E-state index < -0.39 is 9.84 Å². The number of anilines is 3. The van der Waals surface area contributed by atoms with E-state index in [0.29, 0.717) is 11.4 Å². The van der Waals surface area contributed by atoms with Gasteiger partial charge in [0, 0.05) is 5.69 Å². The van der Waals surface area contributed by atoms with Crippen LogP contribution in [0.2, 0.25) is 0 Å². The number of nitrogens with one attached hydrogen (secondary N) is 1. The summed E-state index contributed by atoms with van der Waals surface area (Å²) >= 11 is 0. The average Bonchev–Trinajstić information content (AvgIpc) is 2.64. The Bertz CT molecular complexity index is 1110. The van der Waals surface area contributed by atoms with Gasteiger partial charge in [0.2, 0.25) is 15.7 Å². The predicted molar refractivity (Wildman–Crippen MR) is 110 cm³/mol. The maximum atomic E-state index is 13.0. The Balaban J connectivity index is 1.71. The molecule has 0 aromatic heterocycles. The average molecular weight is 392 g/mol. The number of aryl methyl sites for hydroxylation is 2. The lowest BCUT2D eigenvalue weighted by atomic mass is 10.1. The highest BCUT2D eigenvalue weighted by molar-refractivity contribution is 7.92. The van der Waals surface area contributed by atoms with Gasteiger partial charge in [-0.3, -0.25) is 4.79 Å². The van der Waals surface area contributed by atoms with Gasteiger partial charge in [0.1, 0.15) is 6.54 Å². The van der Waals surface area contributed by atoms with Crippen LogP contribution in [0.4, 0.5) is 17.1 Å². The van der Waals surface area contributed by atoms with Gasteiger partial charge in [-0.25, -0.2) is 8.42 Å². The minimum Gasteiger partial charge on any atom is -0.330 e. The molecule has 4 rings (SSSR count). The van der Waals surface area contributed by atoms with Crippen LogP contribution in [0.15, 0.2) is 76.5 Å². The number of benzene rings is 3. The van der Waals surface area contributed by atoms with E-state index in [9.17, 15) is 13.2 Å². The fourth-order valence-corrected chi connectivity index (χ4v) is 5.28. The van der Waals surface area contributed by atoms with Crippen LogP contribution in [0.5, 0.6) is 0 Å². The van der Waals surface area contributed by atoms with Crippen LogP contribution in [-0.2, 0) is 14.6 Å². The predicted octanol–water partition coefficient (Wildman–Crippen LogP) is 4.23. The van der Waals surface area contributed by atoms with Crippen LogP contribution in [0, 0.1) is 13.8 Å². The molecule has 0 saturated heterocycles. The number of hydrogen-bond donors (Lipinski definition) is 1. The van der Waals surface area contributed by atoms with E-state index in [0.717, 1.165) is 16.8 Å². The van der Waals surface area contributed by atoms with Crippen molar-refractivity contribution in [1.29, 1.82) is 0 Å². The third-order valence-electron chi connectivity index (χ3n) is 4.70. The molecule has 0 fully saturated rings. The van der Waals surface area contributed by atoms with E-state index in [1.54, 1.807) is 53.4 Å². The quantitative estimate of drug-likeness (QED) is 0.724. The maximum Gasteiger partial charge on any atom is 0.244 e. The summed E-state index contributed by atoms with van der Waals surface area (Å²) in [6, 6.07) is 19.4. The molecule has 0 bridgehead atoms. The summed E-state index contributed by atoms with van der Waals surface area (Å²) in [6.07, 6.45) is 0. The van der Waals surface area contributed by atoms with E-state index in [2.05, 4.69) is 5.32 Å². The summed E-state index contributed by atoms with van der Waals surface area (Å²) in [5.74, 6) is -0.214. The second kappa shape index (κ2) is 6.80. The molecular weight excluding hydrogens is 372 g/mol. The Hall–Kier alpha value is -3.12. The lowest BCUT2D eigenvalue weighted by Crippen LogP contribution is -2.33. The molecule has 3 aromatic carbocycles. The fraction of sp³-hybridized carbons (Fsp3) is 0.136. The second-order valence-corrected chi connectivity index (χ2v) is 8.84. The van der Waals surface area contributed by atoms with Crippen molar-refractivity contribution in [2.75, 3.05) is 16.8 Å². The molecule has 1 amide bonds. The molecule has 1 heterocycles. The molecule has 0 aliphatic carbocycles. The molecule has 0 saturated carbocycles. The van der Waals surface area contributed by atoms with Crippen LogP contribution >= 0.6 is 0 Å². The molecular formula is C22H20N2O3S. The second-order valence-electron chi connectivity index (χ2n) is 6.95. The van der Waals surface area contributed by atoms with E-state index >= 15 is 0 Å². The van der Waals surface area contributed by atoms with E-state index in [1.807, 2.05) is 32.0 Å². The van der Waals surface area contributed by atoms with Crippen molar-refractivity contribution in [2.45, 2.75) is 23.6 Å². The zero-order valence-electron chi connectivity index (χ0n) is 15.6. The number of nitrogens with zero attached hydrogens (tertiary/aromatic N) is 1. The minimum atomic E-state index is -3.61. The van der Waals surface area contributed by atoms with Gasteiger partial charge in [0.25, 0.3) is 0 Å². The summed E-state index contributed by atoms with van der Waals surface area (Å²) in [5.41, 5.74) is 3.88. The molecule has 5 nitrogen and oxygen atoms in total. The van der Waals surface area contributed by atoms with Crippen LogP contribution in [0.25, 0.3) is 0 Å². The summed E-state index contributed by atoms with van der Waals surface area (Å²) in [7, 11) is -3.61. The van der Waals surface area contributed by atoms with Crippen LogP contribution in [0.1, 0.15) is 11.1 Å². The first-order valence-electron chi connectivity index (χ1n) is 8.95. The Labute approximate surface area is 164 Å². The maximum absolute atomic E-state index is 13.0. The van der Waals surface area contributed by atoms with Crippen molar-refractivity contribution in [3.8, 4) is 0 Å². The molecule has 1 aliphatic heterocycles. The largest absolute Gasteiger partial charge is 0.330 e. The molecule has 0 spiro atoms. The first-order chi connectivity index (χ1) is 13.4. The van der Waals surface area contributed by atoms with Crippen molar-refractivity contribution in [1.82, 2.24) is 0 Å². The monoisotopic (exact) mass is 392 g/mol. The summed E-state index contributed by atoms with van der Waals surface area (Å²) < 4.78 is 25.9. The molecule has 28 heavy (non-hydrogen) atoms. The number of rotatable bonds is 3. The number of carbonyl (C=O) groups is 1. The Morgan fingerprint density at radius 1 is 0.857 bits per heavy atom. The smallest absolute Gasteiger partial charge is 0.244 e. The number of amides is 1. The normalized spacial score (nSPS) is 14.1. The number of hydrogen-bond acceptors (Lipinski definition) is 4. The lowest BCUT2D eigenvalue weighted by Gasteiger charge is -2.32. The van der Waals surface area contributed by atoms with Crippen LogP contribution in [0.3, 0.4) is 0 Å². The van der Waals surface area contributed by atoms with Gasteiger partial charge in [-0.1, -0.05) is 30.3 Å². The highest BCUT2D eigenvalue weighted by Gasteiger charge is 2.34. The summed E-state index contributed by atoms with van der Waals surface area (Å²) in [6.45, 7) is 3.96. The molecule has 1 N–H and O–H groups in total. The van der Waals surface area contributed by atoms with Gasteiger partial charge < -0.3 is 10.2 Å². The molecule has 3 aromatic rings. The highest BCUT2D eigenvalue weighted by atomic mass is 32.2.